The summed E-state index contributed by atoms with van der Waals surface area (Å²) in [4.78, 5) is 4.35. The number of hydrogen-bond donors (Lipinski definition) is 1. The van der Waals surface area contributed by atoms with Crippen molar-refractivity contribution in [3.05, 3.63) is 88.9 Å². The van der Waals surface area contributed by atoms with E-state index in [1.54, 1.807) is 36.4 Å². The van der Waals surface area contributed by atoms with E-state index >= 15 is 0 Å². The Bertz CT molecular complexity index is 1240. The van der Waals surface area contributed by atoms with Gasteiger partial charge in [0, 0.05) is 21.3 Å². The van der Waals surface area contributed by atoms with Gasteiger partial charge >= 0.3 is 0 Å². The molecule has 146 valence electrons. The molecular weight excluding hydrogens is 431 g/mol. The fraction of sp³-hybridized carbons (Fsp3) is 0. The summed E-state index contributed by atoms with van der Waals surface area (Å²) in [5.74, 6) is 0.204. The Morgan fingerprint density at radius 2 is 1.38 bits per heavy atom. The summed E-state index contributed by atoms with van der Waals surface area (Å²) in [6.07, 6.45) is 0. The third-order valence-electron chi connectivity index (χ3n) is 4.10. The maximum atomic E-state index is 13.2. The summed E-state index contributed by atoms with van der Waals surface area (Å²) in [5, 5.41) is 3.77. The van der Waals surface area contributed by atoms with Crippen LogP contribution in [0, 0.1) is 0 Å². The molecule has 1 heterocycles. The molecule has 0 aliphatic rings. The van der Waals surface area contributed by atoms with E-state index in [0.29, 0.717) is 21.3 Å². The van der Waals surface area contributed by atoms with E-state index < -0.39 is 9.84 Å². The number of aromatic nitrogens is 1. The van der Waals surface area contributed by atoms with Crippen LogP contribution >= 0.6 is 23.2 Å². The van der Waals surface area contributed by atoms with E-state index in [1.807, 2.05) is 18.2 Å². The first-order valence-corrected chi connectivity index (χ1v) is 10.8. The minimum Gasteiger partial charge on any atom is -0.419 e. The molecule has 0 aliphatic carbocycles. The van der Waals surface area contributed by atoms with Gasteiger partial charge in [-0.3, -0.25) is 0 Å². The largest absolute Gasteiger partial charge is 0.419 e. The first-order valence-electron chi connectivity index (χ1n) is 8.53. The SMILES string of the molecule is O=S(=O)(c1ccc(Cl)cc1)c1nc(-c2ccccc2)oc1Nc1ccc(Cl)cc1. The smallest absolute Gasteiger partial charge is 0.238 e. The van der Waals surface area contributed by atoms with Crippen LogP contribution in [0.15, 0.2) is 93.2 Å². The Morgan fingerprint density at radius 3 is 2.00 bits per heavy atom. The van der Waals surface area contributed by atoms with E-state index in [9.17, 15) is 8.42 Å². The summed E-state index contributed by atoms with van der Waals surface area (Å²) < 4.78 is 32.3. The first kappa shape index (κ1) is 19.5. The van der Waals surface area contributed by atoms with Crippen LogP contribution in [-0.2, 0) is 9.84 Å². The van der Waals surface area contributed by atoms with Crippen molar-refractivity contribution in [1.82, 2.24) is 4.98 Å². The summed E-state index contributed by atoms with van der Waals surface area (Å²) >= 11 is 11.8. The number of nitrogens with zero attached hydrogens (tertiary/aromatic N) is 1. The second-order valence-electron chi connectivity index (χ2n) is 6.11. The van der Waals surface area contributed by atoms with Crippen molar-refractivity contribution in [3.8, 4) is 11.5 Å². The molecule has 0 unspecified atom stereocenters. The molecule has 0 bridgehead atoms. The summed E-state index contributed by atoms with van der Waals surface area (Å²) in [5.41, 5.74) is 1.27. The summed E-state index contributed by atoms with van der Waals surface area (Å²) in [6, 6.07) is 21.8. The molecule has 1 aromatic heterocycles. The normalized spacial score (nSPS) is 11.4. The number of halogens is 2. The highest BCUT2D eigenvalue weighted by molar-refractivity contribution is 7.91. The van der Waals surface area contributed by atoms with Gasteiger partial charge in [0.1, 0.15) is 0 Å². The standard InChI is InChI=1S/C21H14Cl2N2O3S/c22-15-6-10-17(11-7-15)24-20-21(25-19(28-20)14-4-2-1-3-5-14)29(26,27)18-12-8-16(23)9-13-18/h1-13,24H. The number of hydrogen-bond acceptors (Lipinski definition) is 5. The lowest BCUT2D eigenvalue weighted by Gasteiger charge is -2.06. The highest BCUT2D eigenvalue weighted by atomic mass is 35.5. The predicted molar refractivity (Wildman–Crippen MR) is 114 cm³/mol. The fourth-order valence-corrected chi connectivity index (χ4v) is 4.17. The molecule has 4 aromatic rings. The minimum atomic E-state index is -3.95. The molecule has 0 radical (unpaired) electrons. The van der Waals surface area contributed by atoms with Crippen LogP contribution in [0.2, 0.25) is 10.0 Å². The maximum absolute atomic E-state index is 13.2. The average molecular weight is 445 g/mol. The Hall–Kier alpha value is -2.80. The summed E-state index contributed by atoms with van der Waals surface area (Å²) in [7, 11) is -3.95. The van der Waals surface area contributed by atoms with E-state index in [1.165, 1.54) is 24.3 Å². The van der Waals surface area contributed by atoms with Gasteiger partial charge in [0.2, 0.25) is 26.6 Å². The zero-order valence-electron chi connectivity index (χ0n) is 14.8. The van der Waals surface area contributed by atoms with Crippen LogP contribution in [0.1, 0.15) is 0 Å². The zero-order valence-corrected chi connectivity index (χ0v) is 17.2. The van der Waals surface area contributed by atoms with Gasteiger partial charge in [0.25, 0.3) is 0 Å². The van der Waals surface area contributed by atoms with Crippen molar-refractivity contribution in [3.63, 3.8) is 0 Å². The Balaban J connectivity index is 1.83. The molecule has 0 atom stereocenters. The van der Waals surface area contributed by atoms with Crippen LogP contribution in [0.5, 0.6) is 0 Å². The Labute approximate surface area is 177 Å². The number of sulfone groups is 1. The quantitative estimate of drug-likeness (QED) is 0.395. The van der Waals surface area contributed by atoms with Gasteiger partial charge in [0.15, 0.2) is 0 Å². The maximum Gasteiger partial charge on any atom is 0.238 e. The Morgan fingerprint density at radius 1 is 0.793 bits per heavy atom. The third-order valence-corrected chi connectivity index (χ3v) is 6.28. The molecule has 0 amide bonds. The molecule has 8 heteroatoms. The summed E-state index contributed by atoms with van der Waals surface area (Å²) in [6.45, 7) is 0. The highest BCUT2D eigenvalue weighted by Crippen LogP contribution is 2.34. The van der Waals surface area contributed by atoms with Crippen molar-refractivity contribution in [2.45, 2.75) is 9.92 Å². The molecular formula is C21H14Cl2N2O3S. The van der Waals surface area contributed by atoms with Crippen molar-refractivity contribution >= 4 is 44.6 Å². The Kier molecular flexibility index (Phi) is 5.32. The van der Waals surface area contributed by atoms with Crippen molar-refractivity contribution in [2.75, 3.05) is 5.32 Å². The number of benzene rings is 3. The number of anilines is 2. The molecule has 4 rings (SSSR count). The second-order valence-corrected chi connectivity index (χ2v) is 8.85. The van der Waals surface area contributed by atoms with Gasteiger partial charge in [-0.2, -0.15) is 4.98 Å². The van der Waals surface area contributed by atoms with Gasteiger partial charge in [-0.25, -0.2) is 8.42 Å². The van der Waals surface area contributed by atoms with Gasteiger partial charge in [-0.15, -0.1) is 0 Å². The van der Waals surface area contributed by atoms with E-state index in [-0.39, 0.29) is 21.7 Å². The highest BCUT2D eigenvalue weighted by Gasteiger charge is 2.28. The van der Waals surface area contributed by atoms with E-state index in [2.05, 4.69) is 10.3 Å². The predicted octanol–water partition coefficient (Wildman–Crippen LogP) is 6.22. The number of nitrogens with one attached hydrogen (secondary N) is 1. The molecule has 0 spiro atoms. The number of rotatable bonds is 5. The van der Waals surface area contributed by atoms with Crippen molar-refractivity contribution in [2.24, 2.45) is 0 Å². The average Bonchev–Trinajstić information content (AvgIpc) is 3.15. The lowest BCUT2D eigenvalue weighted by atomic mass is 10.2. The molecule has 0 saturated heterocycles. The van der Waals surface area contributed by atoms with Crippen LogP contribution in [0.4, 0.5) is 11.6 Å². The van der Waals surface area contributed by atoms with Gasteiger partial charge in [-0.1, -0.05) is 41.4 Å². The molecule has 0 fully saturated rings. The monoisotopic (exact) mass is 444 g/mol. The van der Waals surface area contributed by atoms with Crippen LogP contribution in [0.25, 0.3) is 11.5 Å². The molecule has 1 N–H and O–H groups in total. The van der Waals surface area contributed by atoms with E-state index in [4.69, 9.17) is 27.6 Å². The second kappa shape index (κ2) is 7.91. The van der Waals surface area contributed by atoms with Crippen molar-refractivity contribution < 1.29 is 12.8 Å². The molecule has 29 heavy (non-hydrogen) atoms. The van der Waals surface area contributed by atoms with Gasteiger partial charge in [0.05, 0.1) is 4.90 Å². The third kappa shape index (κ3) is 4.15. The van der Waals surface area contributed by atoms with Gasteiger partial charge in [-0.05, 0) is 60.7 Å². The number of oxazole rings is 1. The molecule has 0 aliphatic heterocycles. The van der Waals surface area contributed by atoms with Crippen LogP contribution < -0.4 is 5.32 Å². The lowest BCUT2D eigenvalue weighted by Crippen LogP contribution is -2.05. The molecule has 5 nitrogen and oxygen atoms in total. The van der Waals surface area contributed by atoms with Crippen LogP contribution in [-0.4, -0.2) is 13.4 Å². The van der Waals surface area contributed by atoms with Crippen molar-refractivity contribution in [1.29, 1.82) is 0 Å². The fourth-order valence-electron chi connectivity index (χ4n) is 2.66. The first-order chi connectivity index (χ1) is 13.9. The molecule has 3 aromatic carbocycles. The van der Waals surface area contributed by atoms with Gasteiger partial charge < -0.3 is 9.73 Å². The van der Waals surface area contributed by atoms with Crippen LogP contribution in [0.3, 0.4) is 0 Å². The lowest BCUT2D eigenvalue weighted by molar-refractivity contribution is 0.582. The zero-order chi connectivity index (χ0) is 20.4. The van der Waals surface area contributed by atoms with E-state index in [0.717, 1.165) is 0 Å². The topological polar surface area (TPSA) is 72.2 Å². The molecule has 0 saturated carbocycles. The minimum absolute atomic E-state index is 0.0149.